The van der Waals surface area contributed by atoms with E-state index >= 15 is 0 Å². The highest BCUT2D eigenvalue weighted by atomic mass is 16.1. The highest BCUT2D eigenvalue weighted by molar-refractivity contribution is 5.90. The number of hydrogen-bond donors (Lipinski definition) is 1. The van der Waals surface area contributed by atoms with Gasteiger partial charge in [-0.3, -0.25) is 4.79 Å². The Labute approximate surface area is 111 Å². The molecule has 0 atom stereocenters. The van der Waals surface area contributed by atoms with Gasteiger partial charge in [0.15, 0.2) is 0 Å². The average Bonchev–Trinajstić information content (AvgIpc) is 2.71. The molecule has 1 N–H and O–H groups in total. The molecule has 2 rings (SSSR count). The summed E-state index contributed by atoms with van der Waals surface area (Å²) in [4.78, 5) is 16.0. The first-order chi connectivity index (χ1) is 9.10. The number of carbonyl (C=O) groups is 1. The molecule has 0 unspecified atom stereocenters. The Morgan fingerprint density at radius 1 is 1.47 bits per heavy atom. The fraction of sp³-hybridized carbons (Fsp3) is 0.214. The Morgan fingerprint density at radius 3 is 2.89 bits per heavy atom. The zero-order valence-corrected chi connectivity index (χ0v) is 10.8. The van der Waals surface area contributed by atoms with Crippen LogP contribution in [-0.2, 0) is 11.3 Å². The monoisotopic (exact) mass is 254 g/mol. The molecule has 1 aromatic heterocycles. The van der Waals surface area contributed by atoms with Crippen LogP contribution in [0.25, 0.3) is 0 Å². The van der Waals surface area contributed by atoms with Crippen LogP contribution in [0.3, 0.4) is 0 Å². The summed E-state index contributed by atoms with van der Waals surface area (Å²) in [6, 6.07) is 8.86. The number of carbonyl (C=O) groups excluding carboxylic acids is 1. The molecule has 5 heteroatoms. The van der Waals surface area contributed by atoms with Crippen LogP contribution in [0.2, 0.25) is 0 Å². The van der Waals surface area contributed by atoms with E-state index in [4.69, 9.17) is 5.26 Å². The molecule has 2 aromatic rings. The van der Waals surface area contributed by atoms with Gasteiger partial charge >= 0.3 is 0 Å². The Morgan fingerprint density at radius 2 is 2.26 bits per heavy atom. The van der Waals surface area contributed by atoms with E-state index < -0.39 is 0 Å². The lowest BCUT2D eigenvalue weighted by atomic mass is 10.2. The maximum absolute atomic E-state index is 11.9. The van der Waals surface area contributed by atoms with Crippen LogP contribution in [0.4, 0.5) is 5.69 Å². The number of imidazole rings is 1. The van der Waals surface area contributed by atoms with Crippen LogP contribution in [0.5, 0.6) is 0 Å². The second-order valence-corrected chi connectivity index (χ2v) is 4.28. The van der Waals surface area contributed by atoms with Crippen molar-refractivity contribution in [2.45, 2.75) is 20.4 Å². The number of nitrogens with zero attached hydrogens (tertiary/aromatic N) is 3. The lowest BCUT2D eigenvalue weighted by Gasteiger charge is -2.07. The topological polar surface area (TPSA) is 70.7 Å². The van der Waals surface area contributed by atoms with Gasteiger partial charge in [-0.05, 0) is 32.0 Å². The van der Waals surface area contributed by atoms with Crippen LogP contribution in [0.1, 0.15) is 17.0 Å². The van der Waals surface area contributed by atoms with Gasteiger partial charge in [-0.15, -0.1) is 0 Å². The van der Waals surface area contributed by atoms with E-state index in [-0.39, 0.29) is 12.5 Å². The highest BCUT2D eigenvalue weighted by Gasteiger charge is 2.07. The van der Waals surface area contributed by atoms with Crippen molar-refractivity contribution in [1.82, 2.24) is 9.55 Å². The van der Waals surface area contributed by atoms with Crippen LogP contribution in [0, 0.1) is 25.2 Å². The maximum Gasteiger partial charge on any atom is 0.244 e. The summed E-state index contributed by atoms with van der Waals surface area (Å²) in [6.45, 7) is 4.04. The second-order valence-electron chi connectivity index (χ2n) is 4.28. The van der Waals surface area contributed by atoms with Gasteiger partial charge in [-0.2, -0.15) is 5.26 Å². The molecule has 5 nitrogen and oxygen atoms in total. The predicted octanol–water partition coefficient (Wildman–Crippen LogP) is 2.01. The first-order valence-corrected chi connectivity index (χ1v) is 5.88. The number of rotatable bonds is 3. The third-order valence-electron chi connectivity index (χ3n) is 2.93. The lowest BCUT2D eigenvalue weighted by molar-refractivity contribution is -0.116. The van der Waals surface area contributed by atoms with Crippen LogP contribution in [-0.4, -0.2) is 15.5 Å². The molecule has 0 saturated carbocycles. The van der Waals surface area contributed by atoms with Crippen molar-refractivity contribution in [3.63, 3.8) is 0 Å². The van der Waals surface area contributed by atoms with Gasteiger partial charge in [-0.1, -0.05) is 6.07 Å². The number of amides is 1. The minimum Gasteiger partial charge on any atom is -0.325 e. The van der Waals surface area contributed by atoms with Gasteiger partial charge in [0.05, 0.1) is 23.7 Å². The van der Waals surface area contributed by atoms with Gasteiger partial charge in [0.1, 0.15) is 6.54 Å². The van der Waals surface area contributed by atoms with E-state index in [1.54, 1.807) is 35.2 Å². The van der Waals surface area contributed by atoms with E-state index in [9.17, 15) is 4.79 Å². The van der Waals surface area contributed by atoms with Gasteiger partial charge in [0.25, 0.3) is 0 Å². The fourth-order valence-electron chi connectivity index (χ4n) is 1.73. The van der Waals surface area contributed by atoms with Crippen molar-refractivity contribution < 1.29 is 4.79 Å². The SMILES string of the molecule is Cc1ncn(CC(=O)Nc2cccc(C#N)c2)c1C. The van der Waals surface area contributed by atoms with Crippen molar-refractivity contribution in [2.75, 3.05) is 5.32 Å². The van der Waals surface area contributed by atoms with Crippen molar-refractivity contribution in [1.29, 1.82) is 5.26 Å². The molecule has 0 aliphatic carbocycles. The van der Waals surface area contributed by atoms with E-state index in [1.165, 1.54) is 0 Å². The summed E-state index contributed by atoms with van der Waals surface area (Å²) in [5, 5.41) is 11.6. The Bertz CT molecular complexity index is 652. The number of benzene rings is 1. The molecule has 96 valence electrons. The fourth-order valence-corrected chi connectivity index (χ4v) is 1.73. The molecule has 1 heterocycles. The first kappa shape index (κ1) is 12.8. The zero-order chi connectivity index (χ0) is 13.8. The van der Waals surface area contributed by atoms with Crippen molar-refractivity contribution in [2.24, 2.45) is 0 Å². The van der Waals surface area contributed by atoms with Gasteiger partial charge < -0.3 is 9.88 Å². The third kappa shape index (κ3) is 2.99. The molecule has 0 aliphatic rings. The minimum absolute atomic E-state index is 0.143. The number of aromatic nitrogens is 2. The molecule has 19 heavy (non-hydrogen) atoms. The summed E-state index contributed by atoms with van der Waals surface area (Å²) in [7, 11) is 0. The number of aryl methyl sites for hydroxylation is 1. The average molecular weight is 254 g/mol. The number of nitrogens with one attached hydrogen (secondary N) is 1. The van der Waals surface area contributed by atoms with E-state index in [1.807, 2.05) is 19.9 Å². The van der Waals surface area contributed by atoms with Crippen LogP contribution >= 0.6 is 0 Å². The standard InChI is InChI=1S/C14H14N4O/c1-10-11(2)18(9-16-10)8-14(19)17-13-5-3-4-12(6-13)7-15/h3-6,9H,8H2,1-2H3,(H,17,19). The number of hydrogen-bond acceptors (Lipinski definition) is 3. The van der Waals surface area contributed by atoms with Crippen molar-refractivity contribution in [3.8, 4) is 6.07 Å². The molecule has 0 radical (unpaired) electrons. The summed E-state index contributed by atoms with van der Waals surface area (Å²) in [5.74, 6) is -0.143. The van der Waals surface area contributed by atoms with Crippen molar-refractivity contribution >= 4 is 11.6 Å². The van der Waals surface area contributed by atoms with E-state index in [2.05, 4.69) is 10.3 Å². The largest absolute Gasteiger partial charge is 0.325 e. The van der Waals surface area contributed by atoms with Gasteiger partial charge in [0.2, 0.25) is 5.91 Å². The molecule has 1 aromatic carbocycles. The Hall–Kier alpha value is -2.61. The predicted molar refractivity (Wildman–Crippen MR) is 71.5 cm³/mol. The third-order valence-corrected chi connectivity index (χ3v) is 2.93. The van der Waals surface area contributed by atoms with Crippen LogP contribution in [0.15, 0.2) is 30.6 Å². The summed E-state index contributed by atoms with van der Waals surface area (Å²) in [6.07, 6.45) is 1.65. The molecular weight excluding hydrogens is 240 g/mol. The quantitative estimate of drug-likeness (QED) is 0.910. The van der Waals surface area contributed by atoms with Gasteiger partial charge in [0, 0.05) is 11.4 Å². The van der Waals surface area contributed by atoms with Gasteiger partial charge in [-0.25, -0.2) is 4.98 Å². The summed E-state index contributed by atoms with van der Waals surface area (Å²) < 4.78 is 1.79. The van der Waals surface area contributed by atoms with E-state index in [0.717, 1.165) is 11.4 Å². The molecule has 0 bridgehead atoms. The number of nitriles is 1. The maximum atomic E-state index is 11.9. The highest BCUT2D eigenvalue weighted by Crippen LogP contribution is 2.10. The Balaban J connectivity index is 2.05. The molecule has 0 spiro atoms. The molecule has 0 saturated heterocycles. The Kier molecular flexibility index (Phi) is 3.62. The normalized spacial score (nSPS) is 9.95. The van der Waals surface area contributed by atoms with Crippen molar-refractivity contribution in [3.05, 3.63) is 47.5 Å². The first-order valence-electron chi connectivity index (χ1n) is 5.88. The molecule has 1 amide bonds. The zero-order valence-electron chi connectivity index (χ0n) is 10.8. The molecular formula is C14H14N4O. The second kappa shape index (κ2) is 5.36. The molecule has 0 fully saturated rings. The minimum atomic E-state index is -0.143. The lowest BCUT2D eigenvalue weighted by Crippen LogP contribution is -2.19. The number of anilines is 1. The summed E-state index contributed by atoms with van der Waals surface area (Å²) in [5.41, 5.74) is 3.03. The van der Waals surface area contributed by atoms with E-state index in [0.29, 0.717) is 11.3 Å². The van der Waals surface area contributed by atoms with Crippen LogP contribution < -0.4 is 5.32 Å². The molecule has 0 aliphatic heterocycles. The smallest absolute Gasteiger partial charge is 0.244 e. The summed E-state index contributed by atoms with van der Waals surface area (Å²) >= 11 is 0.